The number of hydrogen-bond acceptors (Lipinski definition) is 6. The van der Waals surface area contributed by atoms with Crippen LogP contribution in [-0.2, 0) is 4.79 Å². The summed E-state index contributed by atoms with van der Waals surface area (Å²) in [4.78, 5) is 27.9. The second-order valence-electron chi connectivity index (χ2n) is 5.76. The van der Waals surface area contributed by atoms with Crippen LogP contribution in [0, 0.1) is 0 Å². The van der Waals surface area contributed by atoms with Gasteiger partial charge in [0.2, 0.25) is 5.91 Å². The largest absolute Gasteiger partial charge is 0.494 e. The van der Waals surface area contributed by atoms with Gasteiger partial charge in [-0.25, -0.2) is 9.78 Å². The van der Waals surface area contributed by atoms with Crippen LogP contribution in [0.25, 0.3) is 10.2 Å². The standard InChI is InChI=1S/C19H20N4O4S/c1-4-27-14-7-5-12(6-8-14)21-18(25)22-13-9-15(26-3)17-16(10-13)28-19(23-17)20-11(2)24/h5-10H,4H2,1-3H3,(H,20,23,24)(H2,21,22,25). The average Bonchev–Trinajstić information content (AvgIpc) is 3.04. The number of urea groups is 1. The summed E-state index contributed by atoms with van der Waals surface area (Å²) in [6, 6.07) is 10.2. The Morgan fingerprint density at radius 3 is 2.43 bits per heavy atom. The molecule has 0 atom stereocenters. The first-order valence-corrected chi connectivity index (χ1v) is 9.37. The SMILES string of the molecule is CCOc1ccc(NC(=O)Nc2cc(OC)c3nc(NC(C)=O)sc3c2)cc1. The van der Waals surface area contributed by atoms with Crippen LogP contribution in [0.3, 0.4) is 0 Å². The van der Waals surface area contributed by atoms with Crippen molar-refractivity contribution in [2.45, 2.75) is 13.8 Å². The molecule has 8 nitrogen and oxygen atoms in total. The van der Waals surface area contributed by atoms with Crippen LogP contribution in [0.2, 0.25) is 0 Å². The topological polar surface area (TPSA) is 102 Å². The summed E-state index contributed by atoms with van der Waals surface area (Å²) < 4.78 is 11.5. The number of anilines is 3. The maximum atomic E-state index is 12.3. The summed E-state index contributed by atoms with van der Waals surface area (Å²) in [6.07, 6.45) is 0. The number of fused-ring (bicyclic) bond motifs is 1. The number of thiazole rings is 1. The van der Waals surface area contributed by atoms with Crippen molar-refractivity contribution in [1.82, 2.24) is 4.98 Å². The van der Waals surface area contributed by atoms with Gasteiger partial charge in [-0.3, -0.25) is 4.79 Å². The molecule has 146 valence electrons. The number of aromatic nitrogens is 1. The van der Waals surface area contributed by atoms with E-state index in [-0.39, 0.29) is 5.91 Å². The summed E-state index contributed by atoms with van der Waals surface area (Å²) >= 11 is 1.30. The lowest BCUT2D eigenvalue weighted by Gasteiger charge is -2.10. The lowest BCUT2D eigenvalue weighted by Crippen LogP contribution is -2.19. The monoisotopic (exact) mass is 400 g/mol. The summed E-state index contributed by atoms with van der Waals surface area (Å²) in [6.45, 7) is 3.91. The smallest absolute Gasteiger partial charge is 0.323 e. The van der Waals surface area contributed by atoms with E-state index in [0.29, 0.717) is 34.4 Å². The summed E-state index contributed by atoms with van der Waals surface area (Å²) in [5.74, 6) is 1.04. The molecular weight excluding hydrogens is 380 g/mol. The average molecular weight is 400 g/mol. The number of hydrogen-bond donors (Lipinski definition) is 3. The van der Waals surface area contributed by atoms with Crippen LogP contribution in [0.4, 0.5) is 21.3 Å². The Bertz CT molecular complexity index is 1000. The van der Waals surface area contributed by atoms with Gasteiger partial charge in [0, 0.05) is 24.4 Å². The highest BCUT2D eigenvalue weighted by Crippen LogP contribution is 2.35. The van der Waals surface area contributed by atoms with Crippen molar-refractivity contribution in [2.24, 2.45) is 0 Å². The number of nitrogens with one attached hydrogen (secondary N) is 3. The van der Waals surface area contributed by atoms with Crippen molar-refractivity contribution in [3.05, 3.63) is 36.4 Å². The third-order valence-corrected chi connectivity index (χ3v) is 4.56. The number of ether oxygens (including phenoxy) is 2. The highest BCUT2D eigenvalue weighted by atomic mass is 32.1. The Balaban J connectivity index is 1.75. The van der Waals surface area contributed by atoms with E-state index >= 15 is 0 Å². The normalized spacial score (nSPS) is 10.4. The molecule has 0 bridgehead atoms. The van der Waals surface area contributed by atoms with Gasteiger partial charge >= 0.3 is 6.03 Å². The fourth-order valence-corrected chi connectivity index (χ4v) is 3.49. The number of carbonyl (C=O) groups excluding carboxylic acids is 2. The van der Waals surface area contributed by atoms with Gasteiger partial charge in [0.25, 0.3) is 0 Å². The molecule has 0 aliphatic rings. The van der Waals surface area contributed by atoms with Gasteiger partial charge < -0.3 is 25.4 Å². The van der Waals surface area contributed by atoms with Crippen molar-refractivity contribution in [3.8, 4) is 11.5 Å². The molecule has 0 unspecified atom stereocenters. The molecule has 0 aliphatic heterocycles. The molecule has 3 N–H and O–H groups in total. The molecule has 2 aromatic carbocycles. The molecule has 0 saturated heterocycles. The van der Waals surface area contributed by atoms with Crippen LogP contribution in [0.5, 0.6) is 11.5 Å². The second-order valence-corrected chi connectivity index (χ2v) is 6.79. The molecule has 0 fully saturated rings. The zero-order valence-corrected chi connectivity index (χ0v) is 16.5. The maximum absolute atomic E-state index is 12.3. The van der Waals surface area contributed by atoms with Gasteiger partial charge in [0.05, 0.1) is 18.4 Å². The predicted octanol–water partition coefficient (Wildman–Crippen LogP) is 4.31. The second kappa shape index (κ2) is 8.57. The van der Waals surface area contributed by atoms with Gasteiger partial charge in [0.1, 0.15) is 17.0 Å². The molecule has 3 aromatic rings. The lowest BCUT2D eigenvalue weighted by atomic mass is 10.2. The number of carbonyl (C=O) groups is 2. The van der Waals surface area contributed by atoms with Crippen LogP contribution < -0.4 is 25.4 Å². The van der Waals surface area contributed by atoms with Gasteiger partial charge in [0.15, 0.2) is 5.13 Å². The Kier molecular flexibility index (Phi) is 5.95. The zero-order chi connectivity index (χ0) is 20.1. The summed E-state index contributed by atoms with van der Waals surface area (Å²) in [5, 5.41) is 8.66. The molecule has 0 radical (unpaired) electrons. The minimum atomic E-state index is -0.392. The maximum Gasteiger partial charge on any atom is 0.323 e. The summed E-state index contributed by atoms with van der Waals surface area (Å²) in [7, 11) is 1.52. The van der Waals surface area contributed by atoms with Crippen LogP contribution in [0.1, 0.15) is 13.8 Å². The molecule has 3 rings (SSSR count). The quantitative estimate of drug-likeness (QED) is 0.572. The van der Waals surface area contributed by atoms with Crippen molar-refractivity contribution in [2.75, 3.05) is 29.7 Å². The number of rotatable bonds is 6. The van der Waals surface area contributed by atoms with Crippen molar-refractivity contribution in [3.63, 3.8) is 0 Å². The van der Waals surface area contributed by atoms with Gasteiger partial charge in [-0.1, -0.05) is 11.3 Å². The molecule has 9 heteroatoms. The number of methoxy groups -OCH3 is 1. The third-order valence-electron chi connectivity index (χ3n) is 3.64. The van der Waals surface area contributed by atoms with E-state index in [1.54, 1.807) is 36.4 Å². The van der Waals surface area contributed by atoms with Gasteiger partial charge in [-0.2, -0.15) is 0 Å². The van der Waals surface area contributed by atoms with Crippen LogP contribution in [-0.4, -0.2) is 30.6 Å². The first-order chi connectivity index (χ1) is 13.5. The van der Waals surface area contributed by atoms with Gasteiger partial charge in [-0.05, 0) is 37.3 Å². The van der Waals surface area contributed by atoms with E-state index in [9.17, 15) is 9.59 Å². The minimum absolute atomic E-state index is 0.203. The van der Waals surface area contributed by atoms with Crippen LogP contribution in [0.15, 0.2) is 36.4 Å². The van der Waals surface area contributed by atoms with Crippen molar-refractivity contribution < 1.29 is 19.1 Å². The molecule has 0 aliphatic carbocycles. The van der Waals surface area contributed by atoms with E-state index in [2.05, 4.69) is 20.9 Å². The first-order valence-electron chi connectivity index (χ1n) is 8.55. The van der Waals surface area contributed by atoms with Crippen LogP contribution >= 0.6 is 11.3 Å². The molecule has 3 amide bonds. The van der Waals surface area contributed by atoms with Crippen molar-refractivity contribution >= 4 is 50.0 Å². The van der Waals surface area contributed by atoms with E-state index in [1.807, 2.05) is 6.92 Å². The Hall–Kier alpha value is -3.33. The van der Waals surface area contributed by atoms with E-state index in [4.69, 9.17) is 9.47 Å². The lowest BCUT2D eigenvalue weighted by molar-refractivity contribution is -0.114. The third kappa shape index (κ3) is 4.68. The molecule has 28 heavy (non-hydrogen) atoms. The highest BCUT2D eigenvalue weighted by molar-refractivity contribution is 7.22. The molecule has 1 aromatic heterocycles. The van der Waals surface area contributed by atoms with Gasteiger partial charge in [-0.15, -0.1) is 0 Å². The van der Waals surface area contributed by atoms with E-state index in [0.717, 1.165) is 10.4 Å². The zero-order valence-electron chi connectivity index (χ0n) is 15.7. The number of amides is 3. The van der Waals surface area contributed by atoms with Crippen molar-refractivity contribution in [1.29, 1.82) is 0 Å². The minimum Gasteiger partial charge on any atom is -0.494 e. The fraction of sp³-hybridized carbons (Fsp3) is 0.211. The molecule has 0 spiro atoms. The Morgan fingerprint density at radius 2 is 1.79 bits per heavy atom. The molecule has 1 heterocycles. The number of benzene rings is 2. The number of nitrogens with zero attached hydrogens (tertiary/aromatic N) is 1. The fourth-order valence-electron chi connectivity index (χ4n) is 2.53. The predicted molar refractivity (Wildman–Crippen MR) is 111 cm³/mol. The van der Waals surface area contributed by atoms with E-state index < -0.39 is 6.03 Å². The summed E-state index contributed by atoms with van der Waals surface area (Å²) in [5.41, 5.74) is 1.80. The highest BCUT2D eigenvalue weighted by Gasteiger charge is 2.13. The first kappa shape index (κ1) is 19.4. The molecular formula is C19H20N4O4S. The van der Waals surface area contributed by atoms with E-state index in [1.165, 1.54) is 25.4 Å². The Morgan fingerprint density at radius 1 is 1.07 bits per heavy atom. The molecule has 0 saturated carbocycles. The Labute approximate surface area is 165 Å².